The summed E-state index contributed by atoms with van der Waals surface area (Å²) in [5, 5.41) is 13.5. The van der Waals surface area contributed by atoms with Gasteiger partial charge in [-0.1, -0.05) is 6.92 Å². The molecule has 2 rings (SSSR count). The van der Waals surface area contributed by atoms with Crippen LogP contribution in [0.2, 0.25) is 0 Å². The van der Waals surface area contributed by atoms with Crippen molar-refractivity contribution in [3.05, 3.63) is 52.1 Å². The molecule has 1 unspecified atom stereocenters. The third-order valence-corrected chi connectivity index (χ3v) is 3.06. The van der Waals surface area contributed by atoms with Crippen molar-refractivity contribution in [2.24, 2.45) is 0 Å². The minimum atomic E-state index is -0.569. The van der Waals surface area contributed by atoms with Gasteiger partial charge >= 0.3 is 0 Å². The van der Waals surface area contributed by atoms with Crippen LogP contribution >= 0.6 is 0 Å². The van der Waals surface area contributed by atoms with Crippen LogP contribution in [0.25, 0.3) is 0 Å². The van der Waals surface area contributed by atoms with Gasteiger partial charge in [-0.2, -0.15) is 0 Å². The minimum absolute atomic E-state index is 0.0780. The van der Waals surface area contributed by atoms with E-state index >= 15 is 0 Å². The molecule has 0 saturated carbocycles. The first-order chi connectivity index (χ1) is 10.0. The molecule has 110 valence electrons. The molecule has 0 aliphatic rings. The van der Waals surface area contributed by atoms with Crippen LogP contribution in [0.3, 0.4) is 0 Å². The number of nitrogens with two attached hydrogens (primary N) is 1. The van der Waals surface area contributed by atoms with Gasteiger partial charge in [-0.05, 0) is 12.5 Å². The van der Waals surface area contributed by atoms with E-state index in [0.29, 0.717) is 12.2 Å². The Bertz CT molecular complexity index is 654. The predicted molar refractivity (Wildman–Crippen MR) is 76.6 cm³/mol. The highest BCUT2D eigenvalue weighted by Gasteiger charge is 2.19. The first kappa shape index (κ1) is 14.5. The fourth-order valence-electron chi connectivity index (χ4n) is 1.92. The number of rotatable bonds is 5. The number of hydrogen-bond acceptors (Lipinski definition) is 5. The van der Waals surface area contributed by atoms with Gasteiger partial charge < -0.3 is 16.0 Å². The van der Waals surface area contributed by atoms with Gasteiger partial charge in [0.05, 0.1) is 16.5 Å². The van der Waals surface area contributed by atoms with Gasteiger partial charge in [0.2, 0.25) is 0 Å². The summed E-state index contributed by atoms with van der Waals surface area (Å²) >= 11 is 0. The molecule has 0 aliphatic carbocycles. The summed E-state index contributed by atoms with van der Waals surface area (Å²) in [6.07, 6.45) is 3.87. The highest BCUT2D eigenvalue weighted by Crippen LogP contribution is 2.21. The number of nitrogens with one attached hydrogen (secondary N) is 2. The number of amides is 1. The van der Waals surface area contributed by atoms with E-state index in [1.54, 1.807) is 12.4 Å². The number of carbonyl (C=O) groups excluding carboxylic acids is 1. The zero-order chi connectivity index (χ0) is 15.4. The minimum Gasteiger partial charge on any atom is -0.398 e. The van der Waals surface area contributed by atoms with Crippen molar-refractivity contribution < 1.29 is 9.72 Å². The van der Waals surface area contributed by atoms with Crippen molar-refractivity contribution in [3.63, 3.8) is 0 Å². The number of nitro benzene ring substituents is 1. The Morgan fingerprint density at radius 3 is 2.90 bits per heavy atom. The summed E-state index contributed by atoms with van der Waals surface area (Å²) in [6.45, 7) is 1.89. The Morgan fingerprint density at radius 1 is 1.57 bits per heavy atom. The molecule has 0 radical (unpaired) electrons. The van der Waals surface area contributed by atoms with Crippen molar-refractivity contribution >= 4 is 17.3 Å². The number of imidazole rings is 1. The Labute approximate surface area is 120 Å². The molecule has 2 aromatic rings. The number of aromatic amines is 1. The highest BCUT2D eigenvalue weighted by molar-refractivity contribution is 5.99. The number of benzene rings is 1. The second-order valence-corrected chi connectivity index (χ2v) is 4.44. The molecule has 8 nitrogen and oxygen atoms in total. The summed E-state index contributed by atoms with van der Waals surface area (Å²) in [6, 6.07) is 3.46. The SMILES string of the molecule is CCC(NC(=O)c1cc([N+](=O)[O-])ccc1N)c1ncc[nH]1. The maximum atomic E-state index is 12.2. The number of carbonyl (C=O) groups is 1. The fraction of sp³-hybridized carbons (Fsp3) is 0.231. The molecule has 1 atom stereocenters. The monoisotopic (exact) mass is 289 g/mol. The quantitative estimate of drug-likeness (QED) is 0.439. The van der Waals surface area contributed by atoms with Crippen LogP contribution in [0.15, 0.2) is 30.6 Å². The van der Waals surface area contributed by atoms with E-state index in [1.165, 1.54) is 18.2 Å². The van der Waals surface area contributed by atoms with Gasteiger partial charge in [-0.3, -0.25) is 14.9 Å². The number of hydrogen-bond donors (Lipinski definition) is 3. The Kier molecular flexibility index (Phi) is 4.17. The maximum absolute atomic E-state index is 12.2. The Balaban J connectivity index is 2.23. The molecule has 1 heterocycles. The van der Waals surface area contributed by atoms with Crippen molar-refractivity contribution in [3.8, 4) is 0 Å². The number of H-pyrrole nitrogens is 1. The smallest absolute Gasteiger partial charge is 0.270 e. The van der Waals surface area contributed by atoms with E-state index in [-0.39, 0.29) is 23.0 Å². The van der Waals surface area contributed by atoms with E-state index < -0.39 is 10.8 Å². The van der Waals surface area contributed by atoms with Crippen LogP contribution in [-0.2, 0) is 0 Å². The molecule has 0 saturated heterocycles. The average molecular weight is 289 g/mol. The standard InChI is InChI=1S/C13H15N5O3/c1-2-11(12-15-5-6-16-12)17-13(19)9-7-8(18(20)21)3-4-10(9)14/h3-7,11H,2,14H2,1H3,(H,15,16)(H,17,19). The van der Waals surface area contributed by atoms with Crippen LogP contribution in [0.4, 0.5) is 11.4 Å². The lowest BCUT2D eigenvalue weighted by Crippen LogP contribution is -2.29. The van der Waals surface area contributed by atoms with Crippen LogP contribution in [-0.4, -0.2) is 20.8 Å². The Hall–Kier alpha value is -2.90. The molecule has 8 heteroatoms. The van der Waals surface area contributed by atoms with Gasteiger partial charge in [-0.15, -0.1) is 0 Å². The maximum Gasteiger partial charge on any atom is 0.270 e. The largest absolute Gasteiger partial charge is 0.398 e. The lowest BCUT2D eigenvalue weighted by atomic mass is 10.1. The molecule has 0 aliphatic heterocycles. The lowest BCUT2D eigenvalue weighted by molar-refractivity contribution is -0.384. The van der Waals surface area contributed by atoms with Crippen LogP contribution in [0, 0.1) is 10.1 Å². The van der Waals surface area contributed by atoms with Crippen LogP contribution < -0.4 is 11.1 Å². The predicted octanol–water partition coefficient (Wildman–Crippen LogP) is 1.78. The van der Waals surface area contributed by atoms with Gasteiger partial charge in [0, 0.05) is 30.2 Å². The zero-order valence-electron chi connectivity index (χ0n) is 11.4. The van der Waals surface area contributed by atoms with E-state index in [1.807, 2.05) is 6.92 Å². The molecule has 1 amide bonds. The molecule has 0 spiro atoms. The van der Waals surface area contributed by atoms with Crippen molar-refractivity contribution in [1.82, 2.24) is 15.3 Å². The molecule has 21 heavy (non-hydrogen) atoms. The topological polar surface area (TPSA) is 127 Å². The molecule has 1 aromatic carbocycles. The molecule has 4 N–H and O–H groups in total. The van der Waals surface area contributed by atoms with E-state index in [2.05, 4.69) is 15.3 Å². The third-order valence-electron chi connectivity index (χ3n) is 3.06. The second kappa shape index (κ2) is 6.04. The summed E-state index contributed by atoms with van der Waals surface area (Å²) in [5.74, 6) is 0.148. The number of non-ortho nitro benzene ring substituents is 1. The van der Waals surface area contributed by atoms with Crippen molar-refractivity contribution in [2.75, 3.05) is 5.73 Å². The fourth-order valence-corrected chi connectivity index (χ4v) is 1.92. The van der Waals surface area contributed by atoms with Gasteiger partial charge in [0.15, 0.2) is 0 Å². The molecule has 1 aromatic heterocycles. The first-order valence-electron chi connectivity index (χ1n) is 6.37. The third kappa shape index (κ3) is 3.16. The molecular formula is C13H15N5O3. The molecule has 0 bridgehead atoms. The first-order valence-corrected chi connectivity index (χ1v) is 6.37. The van der Waals surface area contributed by atoms with Gasteiger partial charge in [0.1, 0.15) is 5.82 Å². The van der Waals surface area contributed by atoms with Crippen LogP contribution in [0.5, 0.6) is 0 Å². The molecule has 0 fully saturated rings. The Morgan fingerprint density at radius 2 is 2.33 bits per heavy atom. The zero-order valence-corrected chi connectivity index (χ0v) is 11.4. The second-order valence-electron chi connectivity index (χ2n) is 4.44. The summed E-state index contributed by atoms with van der Waals surface area (Å²) < 4.78 is 0. The summed E-state index contributed by atoms with van der Waals surface area (Å²) in [7, 11) is 0. The highest BCUT2D eigenvalue weighted by atomic mass is 16.6. The average Bonchev–Trinajstić information content (AvgIpc) is 2.98. The number of nitrogen functional groups attached to an aromatic ring is 1. The van der Waals surface area contributed by atoms with E-state index in [4.69, 9.17) is 5.73 Å². The van der Waals surface area contributed by atoms with E-state index in [9.17, 15) is 14.9 Å². The van der Waals surface area contributed by atoms with Crippen molar-refractivity contribution in [1.29, 1.82) is 0 Å². The normalized spacial score (nSPS) is 11.9. The molecular weight excluding hydrogens is 274 g/mol. The van der Waals surface area contributed by atoms with Crippen LogP contribution in [0.1, 0.15) is 35.6 Å². The number of nitro groups is 1. The summed E-state index contributed by atoms with van der Waals surface area (Å²) in [5.41, 5.74) is 5.80. The van der Waals surface area contributed by atoms with Gasteiger partial charge in [0.25, 0.3) is 11.6 Å². The van der Waals surface area contributed by atoms with Crippen molar-refractivity contribution in [2.45, 2.75) is 19.4 Å². The van der Waals surface area contributed by atoms with E-state index in [0.717, 1.165) is 0 Å². The van der Waals surface area contributed by atoms with Gasteiger partial charge in [-0.25, -0.2) is 4.98 Å². The number of anilines is 1. The number of nitrogens with zero attached hydrogens (tertiary/aromatic N) is 2. The lowest BCUT2D eigenvalue weighted by Gasteiger charge is -2.15. The number of aromatic nitrogens is 2. The summed E-state index contributed by atoms with van der Waals surface area (Å²) in [4.78, 5) is 29.5.